The first kappa shape index (κ1) is 13.5. The fourth-order valence-electron chi connectivity index (χ4n) is 3.35. The Morgan fingerprint density at radius 1 is 1.35 bits per heavy atom. The monoisotopic (exact) mass is 269 g/mol. The molecule has 1 saturated heterocycles. The third-order valence-electron chi connectivity index (χ3n) is 4.43. The molecule has 2 atom stereocenters. The van der Waals surface area contributed by atoms with Gasteiger partial charge in [-0.2, -0.15) is 0 Å². The van der Waals surface area contributed by atoms with Gasteiger partial charge < -0.3 is 5.73 Å². The first-order chi connectivity index (χ1) is 9.67. The van der Waals surface area contributed by atoms with Gasteiger partial charge in [-0.3, -0.25) is 9.88 Å². The van der Waals surface area contributed by atoms with E-state index >= 15 is 0 Å². The van der Waals surface area contributed by atoms with Gasteiger partial charge >= 0.3 is 0 Å². The van der Waals surface area contributed by atoms with Gasteiger partial charge in [0.2, 0.25) is 0 Å². The highest BCUT2D eigenvalue weighted by Crippen LogP contribution is 2.26. The van der Waals surface area contributed by atoms with Crippen LogP contribution in [0.15, 0.2) is 30.3 Å². The molecule has 1 aromatic heterocycles. The van der Waals surface area contributed by atoms with Crippen molar-refractivity contribution in [3.63, 3.8) is 0 Å². The number of rotatable bonds is 3. The molecule has 2 heterocycles. The molecule has 0 bridgehead atoms. The number of fused-ring (bicyclic) bond motifs is 1. The third-order valence-corrected chi connectivity index (χ3v) is 4.43. The lowest BCUT2D eigenvalue weighted by atomic mass is 10.1. The van der Waals surface area contributed by atoms with Crippen molar-refractivity contribution >= 4 is 10.9 Å². The normalized spacial score (nSPS) is 23.6. The topological polar surface area (TPSA) is 42.1 Å². The Morgan fingerprint density at radius 2 is 2.15 bits per heavy atom. The standard InChI is InChI=1S/C17H23N3/c1-12-7-15(16-5-3-4-6-17(16)19-12)11-20-10-14(9-18)8-13(20)2/h3-7,13-14H,8-11,18H2,1-2H3. The highest BCUT2D eigenvalue weighted by Gasteiger charge is 2.28. The van der Waals surface area contributed by atoms with Crippen LogP contribution < -0.4 is 5.73 Å². The minimum atomic E-state index is 0.621. The van der Waals surface area contributed by atoms with E-state index in [1.165, 1.54) is 17.4 Å². The van der Waals surface area contributed by atoms with Gasteiger partial charge in [0, 0.05) is 30.2 Å². The van der Waals surface area contributed by atoms with Crippen LogP contribution in [0.5, 0.6) is 0 Å². The highest BCUT2D eigenvalue weighted by molar-refractivity contribution is 5.82. The summed E-state index contributed by atoms with van der Waals surface area (Å²) in [7, 11) is 0. The first-order valence-corrected chi connectivity index (χ1v) is 7.46. The number of aromatic nitrogens is 1. The van der Waals surface area contributed by atoms with E-state index in [1.807, 2.05) is 0 Å². The van der Waals surface area contributed by atoms with Crippen LogP contribution in [-0.2, 0) is 6.54 Å². The molecule has 1 aromatic carbocycles. The van der Waals surface area contributed by atoms with E-state index in [0.29, 0.717) is 12.0 Å². The van der Waals surface area contributed by atoms with Crippen molar-refractivity contribution in [2.45, 2.75) is 32.9 Å². The Balaban J connectivity index is 1.91. The summed E-state index contributed by atoms with van der Waals surface area (Å²) >= 11 is 0. The maximum absolute atomic E-state index is 5.83. The number of hydrogen-bond acceptors (Lipinski definition) is 3. The Hall–Kier alpha value is -1.45. The van der Waals surface area contributed by atoms with Gasteiger partial charge in [0.25, 0.3) is 0 Å². The van der Waals surface area contributed by atoms with E-state index in [4.69, 9.17) is 5.73 Å². The Kier molecular flexibility index (Phi) is 3.72. The van der Waals surface area contributed by atoms with E-state index < -0.39 is 0 Å². The summed E-state index contributed by atoms with van der Waals surface area (Å²) in [5.41, 5.74) is 9.42. The van der Waals surface area contributed by atoms with Crippen molar-refractivity contribution in [2.24, 2.45) is 11.7 Å². The summed E-state index contributed by atoms with van der Waals surface area (Å²) in [6.45, 7) is 7.31. The predicted molar refractivity (Wildman–Crippen MR) is 83.5 cm³/mol. The van der Waals surface area contributed by atoms with Crippen LogP contribution >= 0.6 is 0 Å². The fraction of sp³-hybridized carbons (Fsp3) is 0.471. The van der Waals surface area contributed by atoms with Gasteiger partial charge in [0.1, 0.15) is 0 Å². The van der Waals surface area contributed by atoms with Crippen LogP contribution in [0.2, 0.25) is 0 Å². The number of likely N-dealkylation sites (tertiary alicyclic amines) is 1. The van der Waals surface area contributed by atoms with Crippen LogP contribution in [0, 0.1) is 12.8 Å². The smallest absolute Gasteiger partial charge is 0.0708 e. The van der Waals surface area contributed by atoms with Gasteiger partial charge in [-0.25, -0.2) is 0 Å². The molecule has 0 saturated carbocycles. The van der Waals surface area contributed by atoms with Crippen LogP contribution in [0.4, 0.5) is 0 Å². The minimum Gasteiger partial charge on any atom is -0.330 e. The van der Waals surface area contributed by atoms with Crippen molar-refractivity contribution in [2.75, 3.05) is 13.1 Å². The second-order valence-corrected chi connectivity index (χ2v) is 6.06. The van der Waals surface area contributed by atoms with Gasteiger partial charge in [0.05, 0.1) is 5.52 Å². The van der Waals surface area contributed by atoms with Crippen molar-refractivity contribution in [1.29, 1.82) is 0 Å². The van der Waals surface area contributed by atoms with E-state index in [-0.39, 0.29) is 0 Å². The van der Waals surface area contributed by atoms with Crippen LogP contribution in [-0.4, -0.2) is 29.0 Å². The molecule has 0 aliphatic carbocycles. The molecule has 3 nitrogen and oxygen atoms in total. The molecule has 2 aromatic rings. The summed E-state index contributed by atoms with van der Waals surface area (Å²) in [5, 5.41) is 1.28. The van der Waals surface area contributed by atoms with Crippen LogP contribution in [0.3, 0.4) is 0 Å². The molecular weight excluding hydrogens is 246 g/mol. The van der Waals surface area contributed by atoms with Crippen molar-refractivity contribution in [3.05, 3.63) is 41.6 Å². The SMILES string of the molecule is Cc1cc(CN2CC(CN)CC2C)c2ccccc2n1. The summed E-state index contributed by atoms with van der Waals surface area (Å²) in [5.74, 6) is 0.652. The molecule has 0 spiro atoms. The second-order valence-electron chi connectivity index (χ2n) is 6.06. The summed E-state index contributed by atoms with van der Waals surface area (Å²) in [6.07, 6.45) is 1.22. The second kappa shape index (κ2) is 5.51. The number of para-hydroxylation sites is 1. The first-order valence-electron chi connectivity index (χ1n) is 7.46. The van der Waals surface area contributed by atoms with E-state index in [9.17, 15) is 0 Å². The zero-order chi connectivity index (χ0) is 14.1. The quantitative estimate of drug-likeness (QED) is 0.931. The van der Waals surface area contributed by atoms with Gasteiger partial charge in [-0.05, 0) is 50.4 Å². The molecule has 1 fully saturated rings. The Morgan fingerprint density at radius 3 is 2.90 bits per heavy atom. The maximum atomic E-state index is 5.83. The molecule has 20 heavy (non-hydrogen) atoms. The van der Waals surface area contributed by atoms with E-state index in [0.717, 1.165) is 30.8 Å². The number of pyridine rings is 1. The zero-order valence-electron chi connectivity index (χ0n) is 12.3. The average Bonchev–Trinajstić information content (AvgIpc) is 2.79. The highest BCUT2D eigenvalue weighted by atomic mass is 15.2. The molecular formula is C17H23N3. The lowest BCUT2D eigenvalue weighted by Crippen LogP contribution is -2.27. The minimum absolute atomic E-state index is 0.621. The molecule has 1 aliphatic rings. The van der Waals surface area contributed by atoms with E-state index in [1.54, 1.807) is 0 Å². The zero-order valence-corrected chi connectivity index (χ0v) is 12.3. The van der Waals surface area contributed by atoms with Crippen molar-refractivity contribution < 1.29 is 0 Å². The van der Waals surface area contributed by atoms with Crippen molar-refractivity contribution in [1.82, 2.24) is 9.88 Å². The summed E-state index contributed by atoms with van der Waals surface area (Å²) in [4.78, 5) is 7.18. The number of hydrogen-bond donors (Lipinski definition) is 1. The van der Waals surface area contributed by atoms with Gasteiger partial charge in [0.15, 0.2) is 0 Å². The number of aryl methyl sites for hydroxylation is 1. The fourth-order valence-corrected chi connectivity index (χ4v) is 3.35. The van der Waals surface area contributed by atoms with Crippen LogP contribution in [0.25, 0.3) is 10.9 Å². The molecule has 3 rings (SSSR count). The lowest BCUT2D eigenvalue weighted by Gasteiger charge is -2.22. The molecule has 106 valence electrons. The third kappa shape index (κ3) is 2.56. The Labute approximate surface area is 120 Å². The maximum Gasteiger partial charge on any atom is 0.0708 e. The number of nitrogens with two attached hydrogens (primary N) is 1. The number of nitrogens with zero attached hydrogens (tertiary/aromatic N) is 2. The molecule has 0 radical (unpaired) electrons. The van der Waals surface area contributed by atoms with E-state index in [2.05, 4.69) is 54.1 Å². The molecule has 1 aliphatic heterocycles. The van der Waals surface area contributed by atoms with Crippen LogP contribution in [0.1, 0.15) is 24.6 Å². The Bertz CT molecular complexity index is 608. The lowest BCUT2D eigenvalue weighted by molar-refractivity contribution is 0.257. The number of benzene rings is 1. The molecule has 3 heteroatoms. The van der Waals surface area contributed by atoms with Crippen molar-refractivity contribution in [3.8, 4) is 0 Å². The average molecular weight is 269 g/mol. The molecule has 2 N–H and O–H groups in total. The summed E-state index contributed by atoms with van der Waals surface area (Å²) < 4.78 is 0. The summed E-state index contributed by atoms with van der Waals surface area (Å²) in [6, 6.07) is 11.3. The molecule has 2 unspecified atom stereocenters. The molecule has 0 amide bonds. The predicted octanol–water partition coefficient (Wildman–Crippen LogP) is 2.71. The largest absolute Gasteiger partial charge is 0.330 e. The van der Waals surface area contributed by atoms with Gasteiger partial charge in [-0.1, -0.05) is 18.2 Å². The van der Waals surface area contributed by atoms with Gasteiger partial charge in [-0.15, -0.1) is 0 Å².